The van der Waals surface area contributed by atoms with Gasteiger partial charge in [0.05, 0.1) is 23.7 Å². The Labute approximate surface area is 164 Å². The number of alkyl halides is 3. The van der Waals surface area contributed by atoms with Crippen molar-refractivity contribution < 1.29 is 31.1 Å². The van der Waals surface area contributed by atoms with Gasteiger partial charge < -0.3 is 4.74 Å². The maximum absolute atomic E-state index is 13.2. The Balaban J connectivity index is 1.92. The lowest BCUT2D eigenvalue weighted by atomic mass is 10.0. The maximum atomic E-state index is 13.2. The lowest BCUT2D eigenvalue weighted by Gasteiger charge is -2.24. The number of sulfonamides is 1. The summed E-state index contributed by atoms with van der Waals surface area (Å²) in [6.07, 6.45) is -6.11. The van der Waals surface area contributed by atoms with Crippen LogP contribution in [-0.2, 0) is 14.8 Å². The highest BCUT2D eigenvalue weighted by molar-refractivity contribution is 7.90. The molecule has 29 heavy (non-hydrogen) atoms. The average molecular weight is 427 g/mol. The fraction of sp³-hybridized carbons (Fsp3) is 0.222. The van der Waals surface area contributed by atoms with Crippen molar-refractivity contribution in [2.75, 3.05) is 12.1 Å². The monoisotopic (exact) mass is 427 g/mol. The molecule has 1 N–H and O–H groups in total. The van der Waals surface area contributed by atoms with Crippen LogP contribution in [-0.4, -0.2) is 33.5 Å². The standard InChI is InChI=1S/C18H16F3N3O4S/c1-28-17(25)23-29(26,27)14-9-7-12(8-10-14)15-11-16(18(19,20)21)22-24(15)13-5-3-2-4-6-13/h2-10,15H,11H2,1H3,(H,23,25). The van der Waals surface area contributed by atoms with Crippen molar-refractivity contribution in [1.29, 1.82) is 0 Å². The van der Waals surface area contributed by atoms with E-state index in [9.17, 15) is 26.4 Å². The number of carbonyl (C=O) groups is 1. The molecular formula is C18H16F3N3O4S. The molecule has 0 radical (unpaired) electrons. The topological polar surface area (TPSA) is 88.1 Å². The number of halogens is 3. The Hall–Kier alpha value is -3.08. The van der Waals surface area contributed by atoms with Gasteiger partial charge in [0.1, 0.15) is 5.71 Å². The number of rotatable bonds is 4. The molecule has 0 saturated carbocycles. The fourth-order valence-corrected chi connectivity index (χ4v) is 3.75. The molecule has 1 atom stereocenters. The number of anilines is 1. The van der Waals surface area contributed by atoms with Crippen molar-refractivity contribution >= 4 is 27.5 Å². The number of ether oxygens (including phenoxy) is 1. The highest BCUT2D eigenvalue weighted by atomic mass is 32.2. The average Bonchev–Trinajstić information content (AvgIpc) is 3.14. The molecule has 3 rings (SSSR count). The summed E-state index contributed by atoms with van der Waals surface area (Å²) >= 11 is 0. The first kappa shape index (κ1) is 20.6. The van der Waals surface area contributed by atoms with Crippen LogP contribution in [0.2, 0.25) is 0 Å². The van der Waals surface area contributed by atoms with E-state index in [2.05, 4.69) is 9.84 Å². The summed E-state index contributed by atoms with van der Waals surface area (Å²) in [5.74, 6) is 0. The number of benzene rings is 2. The van der Waals surface area contributed by atoms with Crippen LogP contribution in [0, 0.1) is 0 Å². The normalized spacial score (nSPS) is 17.0. The first-order valence-electron chi connectivity index (χ1n) is 8.31. The van der Waals surface area contributed by atoms with E-state index in [-0.39, 0.29) is 11.3 Å². The summed E-state index contributed by atoms with van der Waals surface area (Å²) in [6, 6.07) is 12.8. The summed E-state index contributed by atoms with van der Waals surface area (Å²) in [4.78, 5) is 10.9. The summed E-state index contributed by atoms with van der Waals surface area (Å²) in [7, 11) is -3.14. The highest BCUT2D eigenvalue weighted by Gasteiger charge is 2.43. The minimum absolute atomic E-state index is 0.229. The van der Waals surface area contributed by atoms with E-state index in [4.69, 9.17) is 0 Å². The Morgan fingerprint density at radius 3 is 2.31 bits per heavy atom. The lowest BCUT2D eigenvalue weighted by Crippen LogP contribution is -2.30. The largest absolute Gasteiger partial charge is 0.452 e. The number of amides is 1. The third kappa shape index (κ3) is 4.50. The fourth-order valence-electron chi connectivity index (χ4n) is 2.84. The van der Waals surface area contributed by atoms with Gasteiger partial charge in [-0.1, -0.05) is 30.3 Å². The molecular weight excluding hydrogens is 411 g/mol. The molecule has 1 unspecified atom stereocenters. The van der Waals surface area contributed by atoms with E-state index >= 15 is 0 Å². The second-order valence-corrected chi connectivity index (χ2v) is 7.79. The molecule has 7 nitrogen and oxygen atoms in total. The molecule has 0 aliphatic carbocycles. The predicted molar refractivity (Wildman–Crippen MR) is 98.9 cm³/mol. The second-order valence-electron chi connectivity index (χ2n) is 6.11. The van der Waals surface area contributed by atoms with Gasteiger partial charge in [0.2, 0.25) is 0 Å². The van der Waals surface area contributed by atoms with Crippen LogP contribution in [0.4, 0.5) is 23.7 Å². The molecule has 2 aromatic rings. The third-order valence-electron chi connectivity index (χ3n) is 4.24. The Kier molecular flexibility index (Phi) is 5.51. The third-order valence-corrected chi connectivity index (χ3v) is 5.56. The van der Waals surface area contributed by atoms with Crippen LogP contribution in [0.1, 0.15) is 18.0 Å². The zero-order chi connectivity index (χ0) is 21.2. The van der Waals surface area contributed by atoms with Crippen LogP contribution in [0.5, 0.6) is 0 Å². The van der Waals surface area contributed by atoms with Crippen LogP contribution in [0.15, 0.2) is 64.6 Å². The molecule has 11 heteroatoms. The first-order valence-corrected chi connectivity index (χ1v) is 9.80. The van der Waals surface area contributed by atoms with Crippen LogP contribution >= 0.6 is 0 Å². The Morgan fingerprint density at radius 2 is 1.76 bits per heavy atom. The van der Waals surface area contributed by atoms with Crippen molar-refractivity contribution in [3.8, 4) is 0 Å². The van der Waals surface area contributed by atoms with Gasteiger partial charge >= 0.3 is 12.3 Å². The number of hydrogen-bond acceptors (Lipinski definition) is 6. The number of para-hydroxylation sites is 1. The summed E-state index contributed by atoms with van der Waals surface area (Å²) < 4.78 is 69.9. The minimum atomic E-state index is -4.57. The van der Waals surface area contributed by atoms with Crippen LogP contribution in [0.3, 0.4) is 0 Å². The van der Waals surface area contributed by atoms with Crippen molar-refractivity contribution in [2.24, 2.45) is 5.10 Å². The van der Waals surface area contributed by atoms with Crippen LogP contribution < -0.4 is 9.73 Å². The SMILES string of the molecule is COC(=O)NS(=O)(=O)c1ccc(C2CC(C(F)(F)F)=NN2c2ccccc2)cc1. The van der Waals surface area contributed by atoms with E-state index in [0.29, 0.717) is 11.3 Å². The number of hydrazone groups is 1. The molecule has 0 saturated heterocycles. The molecule has 0 aromatic heterocycles. The molecule has 1 aliphatic rings. The molecule has 154 valence electrons. The summed E-state index contributed by atoms with van der Waals surface area (Å²) in [6.45, 7) is 0. The van der Waals surface area contributed by atoms with Crippen molar-refractivity contribution in [3.63, 3.8) is 0 Å². The van der Waals surface area contributed by atoms with Gasteiger partial charge in [-0.15, -0.1) is 0 Å². The van der Waals surface area contributed by atoms with E-state index in [1.54, 1.807) is 35.1 Å². The van der Waals surface area contributed by atoms with E-state index < -0.39 is 34.0 Å². The smallest absolute Gasteiger partial charge is 0.431 e. The summed E-state index contributed by atoms with van der Waals surface area (Å²) in [5.41, 5.74) is -0.00918. The minimum Gasteiger partial charge on any atom is -0.452 e. The molecule has 0 fully saturated rings. The zero-order valence-corrected chi connectivity index (χ0v) is 15.9. The van der Waals surface area contributed by atoms with E-state index in [1.807, 2.05) is 0 Å². The maximum Gasteiger partial charge on any atom is 0.431 e. The molecule has 0 bridgehead atoms. The van der Waals surface area contributed by atoms with Crippen molar-refractivity contribution in [2.45, 2.75) is 23.5 Å². The van der Waals surface area contributed by atoms with Gasteiger partial charge in [0.15, 0.2) is 0 Å². The van der Waals surface area contributed by atoms with Gasteiger partial charge in [0.25, 0.3) is 10.0 Å². The van der Waals surface area contributed by atoms with Gasteiger partial charge in [-0.05, 0) is 29.8 Å². The first-order chi connectivity index (χ1) is 13.6. The molecule has 1 aliphatic heterocycles. The number of nitrogens with one attached hydrogen (secondary N) is 1. The number of carbonyl (C=O) groups excluding carboxylic acids is 1. The highest BCUT2D eigenvalue weighted by Crippen LogP contribution is 2.39. The lowest BCUT2D eigenvalue weighted by molar-refractivity contribution is -0.0600. The molecule has 1 heterocycles. The molecule has 1 amide bonds. The number of nitrogens with zero attached hydrogens (tertiary/aromatic N) is 2. The van der Waals surface area contributed by atoms with E-state index in [0.717, 1.165) is 7.11 Å². The quantitative estimate of drug-likeness (QED) is 0.806. The summed E-state index contributed by atoms with van der Waals surface area (Å²) in [5, 5.41) is 5.01. The molecule has 0 spiro atoms. The number of hydrogen-bond donors (Lipinski definition) is 1. The van der Waals surface area contributed by atoms with E-state index in [1.165, 1.54) is 29.3 Å². The second kappa shape index (κ2) is 7.74. The van der Waals surface area contributed by atoms with Gasteiger partial charge in [0, 0.05) is 6.42 Å². The van der Waals surface area contributed by atoms with Crippen molar-refractivity contribution in [3.05, 3.63) is 60.2 Å². The predicted octanol–water partition coefficient (Wildman–Crippen LogP) is 3.60. The zero-order valence-electron chi connectivity index (χ0n) is 15.1. The number of methoxy groups -OCH3 is 1. The Bertz CT molecular complexity index is 1020. The van der Waals surface area contributed by atoms with Crippen molar-refractivity contribution in [1.82, 2.24) is 4.72 Å². The van der Waals surface area contributed by atoms with Crippen LogP contribution in [0.25, 0.3) is 0 Å². The van der Waals surface area contributed by atoms with Gasteiger partial charge in [-0.2, -0.15) is 18.3 Å². The van der Waals surface area contributed by atoms with Gasteiger partial charge in [-0.3, -0.25) is 5.01 Å². The van der Waals surface area contributed by atoms with Gasteiger partial charge in [-0.25, -0.2) is 17.9 Å². The molecule has 2 aromatic carbocycles. The Morgan fingerprint density at radius 1 is 1.14 bits per heavy atom.